The Labute approximate surface area is 222 Å². The molecule has 0 aromatic rings. The molecule has 0 aliphatic carbocycles. The molecule has 4 unspecified atom stereocenters. The highest BCUT2D eigenvalue weighted by Gasteiger charge is 2.96. The van der Waals surface area contributed by atoms with Crippen molar-refractivity contribution in [2.75, 3.05) is 21.3 Å². The maximum Gasteiger partial charge on any atom is 0.460 e. The Morgan fingerprint density at radius 2 is 1.02 bits per heavy atom. The number of ether oxygens (including phenoxy) is 1. The molecule has 0 saturated carbocycles. The van der Waals surface area contributed by atoms with Crippen molar-refractivity contribution in [2.24, 2.45) is 11.8 Å². The van der Waals surface area contributed by atoms with E-state index in [0.29, 0.717) is 14.0 Å². The third-order valence-electron chi connectivity index (χ3n) is 7.52. The molecule has 1 saturated heterocycles. The van der Waals surface area contributed by atoms with Crippen LogP contribution in [0.25, 0.3) is 0 Å². The smallest absolute Gasteiger partial charge is 0.396 e. The summed E-state index contributed by atoms with van der Waals surface area (Å²) in [5.74, 6) is -48.0. The van der Waals surface area contributed by atoms with Crippen molar-refractivity contribution in [1.29, 1.82) is 0 Å². The van der Waals surface area contributed by atoms with Crippen LogP contribution in [0, 0.1) is 11.8 Å². The van der Waals surface area contributed by atoms with E-state index in [1.54, 1.807) is 0 Å². The summed E-state index contributed by atoms with van der Waals surface area (Å²) >= 11 is 0. The predicted molar refractivity (Wildman–Crippen MR) is 107 cm³/mol. The van der Waals surface area contributed by atoms with Gasteiger partial charge in [-0.15, -0.1) is 0 Å². The topological polar surface area (TPSA) is 27.7 Å². The fraction of sp³-hybridized carbons (Fsp3) is 1.00. The molecule has 1 aliphatic heterocycles. The molecule has 41 heavy (non-hydrogen) atoms. The Morgan fingerprint density at radius 1 is 0.634 bits per heavy atom. The lowest BCUT2D eigenvalue weighted by molar-refractivity contribution is -0.463. The van der Waals surface area contributed by atoms with Crippen molar-refractivity contribution in [3.8, 4) is 0 Å². The van der Waals surface area contributed by atoms with Gasteiger partial charge in [-0.25, -0.2) is 4.39 Å². The lowest BCUT2D eigenvalue weighted by atomic mass is 9.67. The highest BCUT2D eigenvalue weighted by atomic mass is 28.4. The summed E-state index contributed by atoms with van der Waals surface area (Å²) in [7, 11) is -2.69. The summed E-state index contributed by atoms with van der Waals surface area (Å²) in [4.78, 5) is 0. The first kappa shape index (κ1) is 37.9. The molecular formula is C20H25F17O3Si. The van der Waals surface area contributed by atoms with Crippen LogP contribution >= 0.6 is 0 Å². The third-order valence-corrected chi connectivity index (χ3v) is 11.8. The molecule has 0 spiro atoms. The molecule has 1 rings (SSSR count). The summed E-state index contributed by atoms with van der Waals surface area (Å²) in [6, 6.07) is -0.479. The molecule has 1 fully saturated rings. The Balaban J connectivity index is 4.27. The SMILES string of the molecule is CCCC1(OC)C(C(F)(C(F)(F)F)C(F)(F)C(F)(F)C(F)(F)C(F)(F)C(F)(F)C(F)(F)F)C(C)CC[Si]1(OC)OC. The molecule has 0 bridgehead atoms. The minimum Gasteiger partial charge on any atom is -0.396 e. The van der Waals surface area contributed by atoms with E-state index in [1.165, 1.54) is 0 Å². The average Bonchev–Trinajstić information content (AvgIpc) is 2.82. The quantitative estimate of drug-likeness (QED) is 0.165. The molecule has 1 aliphatic rings. The number of alkyl halides is 17. The second-order valence-corrected chi connectivity index (χ2v) is 13.2. The van der Waals surface area contributed by atoms with Crippen LogP contribution in [0.2, 0.25) is 6.04 Å². The van der Waals surface area contributed by atoms with Gasteiger partial charge in [0.1, 0.15) is 5.22 Å². The van der Waals surface area contributed by atoms with Gasteiger partial charge in [-0.3, -0.25) is 0 Å². The molecule has 0 N–H and O–H groups in total. The van der Waals surface area contributed by atoms with Crippen molar-refractivity contribution in [3.05, 3.63) is 0 Å². The fourth-order valence-corrected chi connectivity index (χ4v) is 9.91. The van der Waals surface area contributed by atoms with E-state index in [2.05, 4.69) is 0 Å². The maximum absolute atomic E-state index is 16.3. The molecule has 0 aromatic carbocycles. The predicted octanol–water partition coefficient (Wildman–Crippen LogP) is 8.11. The highest BCUT2D eigenvalue weighted by Crippen LogP contribution is 2.68. The lowest BCUT2D eigenvalue weighted by Gasteiger charge is -2.59. The van der Waals surface area contributed by atoms with Crippen molar-refractivity contribution in [1.82, 2.24) is 0 Å². The summed E-state index contributed by atoms with van der Waals surface area (Å²) in [6.07, 6.45) is -17.4. The first-order valence-corrected chi connectivity index (χ1v) is 13.4. The second kappa shape index (κ2) is 10.8. The van der Waals surface area contributed by atoms with Gasteiger partial charge >= 0.3 is 50.5 Å². The monoisotopic (exact) mass is 664 g/mol. The van der Waals surface area contributed by atoms with Crippen LogP contribution in [-0.4, -0.2) is 82.7 Å². The molecule has 0 aromatic heterocycles. The van der Waals surface area contributed by atoms with Crippen molar-refractivity contribution in [2.45, 2.75) is 92.0 Å². The van der Waals surface area contributed by atoms with Crippen LogP contribution in [0.1, 0.15) is 33.1 Å². The number of halogens is 17. The third kappa shape index (κ3) is 4.72. The van der Waals surface area contributed by atoms with Gasteiger partial charge in [-0.1, -0.05) is 20.3 Å². The van der Waals surface area contributed by atoms with Gasteiger partial charge in [-0.05, 0) is 24.8 Å². The minimum absolute atomic E-state index is 0.416. The molecule has 4 atom stereocenters. The first-order valence-electron chi connectivity index (χ1n) is 11.4. The standard InChI is InChI=1S/C20H25F17O3Si/c1-6-8-12(38-3)11(10(2)7-9-41(12,39-4)40-5)13(21,19(32,33)34)14(22,23)15(24,25)16(26,27)17(28,29)18(30,31)20(35,36)37/h10-11H,6-9H2,1-5H3. The Hall–Kier alpha value is -1.09. The van der Waals surface area contributed by atoms with E-state index in [-0.39, 0.29) is 0 Å². The van der Waals surface area contributed by atoms with Gasteiger partial charge in [0, 0.05) is 27.2 Å². The van der Waals surface area contributed by atoms with Gasteiger partial charge < -0.3 is 13.6 Å². The minimum atomic E-state index is -8.64. The van der Waals surface area contributed by atoms with Gasteiger partial charge in [-0.2, -0.15) is 70.2 Å². The van der Waals surface area contributed by atoms with E-state index < -0.39 is 98.6 Å². The normalized spacial score (nSPS) is 27.1. The Kier molecular flexibility index (Phi) is 10.0. The molecule has 0 radical (unpaired) electrons. The van der Waals surface area contributed by atoms with E-state index >= 15 is 13.2 Å². The number of hydrogen-bond donors (Lipinski definition) is 0. The van der Waals surface area contributed by atoms with Crippen LogP contribution in [0.15, 0.2) is 0 Å². The van der Waals surface area contributed by atoms with Crippen LogP contribution in [0.5, 0.6) is 0 Å². The van der Waals surface area contributed by atoms with Gasteiger partial charge in [0.15, 0.2) is 0 Å². The van der Waals surface area contributed by atoms with Crippen molar-refractivity contribution in [3.63, 3.8) is 0 Å². The van der Waals surface area contributed by atoms with Gasteiger partial charge in [0.25, 0.3) is 5.67 Å². The Bertz CT molecular complexity index is 918. The van der Waals surface area contributed by atoms with E-state index in [0.717, 1.165) is 21.1 Å². The molecule has 1 heterocycles. The molecule has 3 nitrogen and oxygen atoms in total. The molecule has 21 heteroatoms. The van der Waals surface area contributed by atoms with Crippen LogP contribution in [-0.2, 0) is 13.6 Å². The lowest BCUT2D eigenvalue weighted by Crippen LogP contribution is -2.81. The van der Waals surface area contributed by atoms with Gasteiger partial charge in [0.05, 0.1) is 0 Å². The summed E-state index contributed by atoms with van der Waals surface area (Å²) in [5.41, 5.74) is -7.04. The summed E-state index contributed by atoms with van der Waals surface area (Å²) in [5, 5.41) is -3.11. The summed E-state index contributed by atoms with van der Waals surface area (Å²) < 4.78 is 254. The zero-order valence-corrected chi connectivity index (χ0v) is 22.6. The van der Waals surface area contributed by atoms with Crippen LogP contribution in [0.3, 0.4) is 0 Å². The number of methoxy groups -OCH3 is 1. The van der Waals surface area contributed by atoms with E-state index in [9.17, 15) is 61.5 Å². The van der Waals surface area contributed by atoms with Gasteiger partial charge in [0.2, 0.25) is 0 Å². The van der Waals surface area contributed by atoms with E-state index in [4.69, 9.17) is 13.6 Å². The Morgan fingerprint density at radius 3 is 1.34 bits per heavy atom. The van der Waals surface area contributed by atoms with Crippen LogP contribution in [0.4, 0.5) is 74.6 Å². The second-order valence-electron chi connectivity index (χ2n) is 9.58. The maximum atomic E-state index is 16.3. The highest BCUT2D eigenvalue weighted by molar-refractivity contribution is 6.70. The number of hydrogen-bond acceptors (Lipinski definition) is 3. The van der Waals surface area contributed by atoms with Crippen molar-refractivity contribution < 1.29 is 88.2 Å². The summed E-state index contributed by atoms with van der Waals surface area (Å²) in [6.45, 7) is 1.71. The van der Waals surface area contributed by atoms with E-state index in [1.807, 2.05) is 0 Å². The fourth-order valence-electron chi connectivity index (χ4n) is 5.49. The zero-order chi connectivity index (χ0) is 33.1. The molecule has 0 amide bonds. The van der Waals surface area contributed by atoms with Crippen LogP contribution < -0.4 is 0 Å². The van der Waals surface area contributed by atoms with Crippen molar-refractivity contribution >= 4 is 8.56 Å². The zero-order valence-electron chi connectivity index (χ0n) is 21.6. The largest absolute Gasteiger partial charge is 0.460 e. The number of rotatable bonds is 11. The molecule has 246 valence electrons. The average molecular weight is 664 g/mol. The first-order chi connectivity index (χ1) is 18.0. The molecular weight excluding hydrogens is 639 g/mol.